The molecule has 11 nitrogen and oxygen atoms in total. The van der Waals surface area contributed by atoms with Crippen LogP contribution in [0, 0.1) is 12.8 Å². The van der Waals surface area contributed by atoms with Crippen molar-refractivity contribution >= 4 is 35.1 Å². The van der Waals surface area contributed by atoms with E-state index in [-0.39, 0.29) is 42.7 Å². The Hall–Kier alpha value is -4.98. The molecule has 1 aliphatic carbocycles. The molecule has 2 aromatic carbocycles. The van der Waals surface area contributed by atoms with Crippen LogP contribution in [0.2, 0.25) is 0 Å². The van der Waals surface area contributed by atoms with E-state index in [0.29, 0.717) is 41.4 Å². The van der Waals surface area contributed by atoms with Crippen molar-refractivity contribution in [2.75, 3.05) is 36.8 Å². The molecule has 1 aliphatic heterocycles. The molecule has 0 spiro atoms. The Morgan fingerprint density at radius 2 is 1.73 bits per heavy atom. The number of piperazine rings is 1. The van der Waals surface area contributed by atoms with E-state index in [1.54, 1.807) is 36.5 Å². The van der Waals surface area contributed by atoms with Crippen molar-refractivity contribution in [3.05, 3.63) is 77.0 Å². The average Bonchev–Trinajstić information content (AvgIpc) is 3.77. The van der Waals surface area contributed by atoms with Crippen LogP contribution < -0.4 is 10.6 Å². The molecular weight excluding hydrogens is 591 g/mol. The number of anilines is 2. The van der Waals surface area contributed by atoms with Crippen molar-refractivity contribution in [2.45, 2.75) is 32.5 Å². The van der Waals surface area contributed by atoms with Gasteiger partial charge in [-0.2, -0.15) is 18.3 Å². The predicted octanol–water partition coefficient (Wildman–Crippen LogP) is 5.12. The number of hydrogen-bond donors (Lipinski definition) is 3. The fourth-order valence-corrected chi connectivity index (χ4v) is 5.28. The smallest absolute Gasteiger partial charge is 0.416 e. The number of aryl methyl sites for hydroxylation is 1. The van der Waals surface area contributed by atoms with Gasteiger partial charge in [-0.25, -0.2) is 14.3 Å². The molecule has 0 unspecified atom stereocenters. The summed E-state index contributed by atoms with van der Waals surface area (Å²) in [6.07, 6.45) is -2.31. The number of aromatic nitrogens is 3. The number of carbonyl (C=O) groups excluding carboxylic acids is 2. The first kappa shape index (κ1) is 30.1. The number of fused-ring (bicyclic) bond motifs is 1. The number of nitrogens with one attached hydrogen (secondary N) is 2. The summed E-state index contributed by atoms with van der Waals surface area (Å²) >= 11 is 0. The molecule has 2 fully saturated rings. The van der Waals surface area contributed by atoms with Gasteiger partial charge < -0.3 is 20.6 Å². The largest absolute Gasteiger partial charge is 0.465 e. The maximum Gasteiger partial charge on any atom is 0.416 e. The molecule has 3 heterocycles. The summed E-state index contributed by atoms with van der Waals surface area (Å²) in [4.78, 5) is 44.2. The molecule has 234 valence electrons. The Labute approximate surface area is 255 Å². The van der Waals surface area contributed by atoms with Gasteiger partial charge >= 0.3 is 12.3 Å². The Morgan fingerprint density at radius 1 is 0.978 bits per heavy atom. The molecule has 0 atom stereocenters. The molecule has 14 heteroatoms. The number of carboxylic acid groups (broad SMARTS) is 1. The number of nitrogens with zero attached hydrogens (tertiary/aromatic N) is 5. The van der Waals surface area contributed by atoms with Gasteiger partial charge in [-0.3, -0.25) is 14.5 Å². The number of halogens is 3. The fourth-order valence-electron chi connectivity index (χ4n) is 5.28. The van der Waals surface area contributed by atoms with E-state index in [0.717, 1.165) is 30.5 Å². The first-order valence-electron chi connectivity index (χ1n) is 14.4. The highest BCUT2D eigenvalue weighted by Gasteiger charge is 2.32. The van der Waals surface area contributed by atoms with Crippen LogP contribution in [-0.4, -0.2) is 73.6 Å². The van der Waals surface area contributed by atoms with Crippen LogP contribution in [0.15, 0.2) is 54.7 Å². The Bertz CT molecular complexity index is 1790. The number of amides is 3. The van der Waals surface area contributed by atoms with Crippen LogP contribution in [0.5, 0.6) is 0 Å². The SMILES string of the molecule is Cc1ccc(C(=O)Nc2cc(CN3CCN(C(=O)O)CC3)cc(C(F)(F)F)c2)cc1-c1ccc2nc(NC(=O)C3CC3)cn2n1. The third-order valence-corrected chi connectivity index (χ3v) is 7.92. The zero-order valence-corrected chi connectivity index (χ0v) is 24.3. The molecule has 45 heavy (non-hydrogen) atoms. The molecular formula is C31H30F3N7O4. The lowest BCUT2D eigenvalue weighted by Gasteiger charge is -2.33. The second-order valence-corrected chi connectivity index (χ2v) is 11.4. The summed E-state index contributed by atoms with van der Waals surface area (Å²) in [6.45, 7) is 3.30. The van der Waals surface area contributed by atoms with Crippen LogP contribution in [0.1, 0.15) is 39.9 Å². The van der Waals surface area contributed by atoms with E-state index in [4.69, 9.17) is 5.11 Å². The van der Waals surface area contributed by atoms with E-state index in [9.17, 15) is 27.6 Å². The van der Waals surface area contributed by atoms with Gasteiger partial charge in [-0.1, -0.05) is 6.07 Å². The van der Waals surface area contributed by atoms with E-state index in [1.165, 1.54) is 15.5 Å². The molecule has 1 saturated carbocycles. The minimum Gasteiger partial charge on any atom is -0.465 e. The van der Waals surface area contributed by atoms with Crippen molar-refractivity contribution in [2.24, 2.45) is 5.92 Å². The topological polar surface area (TPSA) is 132 Å². The van der Waals surface area contributed by atoms with Gasteiger partial charge in [0.2, 0.25) is 5.91 Å². The number of hydrogen-bond acceptors (Lipinski definition) is 6. The van der Waals surface area contributed by atoms with Crippen molar-refractivity contribution in [3.63, 3.8) is 0 Å². The number of rotatable bonds is 7. The first-order chi connectivity index (χ1) is 21.4. The Morgan fingerprint density at radius 3 is 2.42 bits per heavy atom. The van der Waals surface area contributed by atoms with Crippen LogP contribution in [-0.2, 0) is 17.5 Å². The van der Waals surface area contributed by atoms with E-state index in [2.05, 4.69) is 20.7 Å². The van der Waals surface area contributed by atoms with E-state index in [1.807, 2.05) is 11.8 Å². The second-order valence-electron chi connectivity index (χ2n) is 11.4. The van der Waals surface area contributed by atoms with Crippen LogP contribution in [0.4, 0.5) is 29.5 Å². The lowest BCUT2D eigenvalue weighted by molar-refractivity contribution is -0.137. The first-order valence-corrected chi connectivity index (χ1v) is 14.4. The summed E-state index contributed by atoms with van der Waals surface area (Å²) in [6, 6.07) is 11.9. The molecule has 3 N–H and O–H groups in total. The third-order valence-electron chi connectivity index (χ3n) is 7.92. The van der Waals surface area contributed by atoms with Crippen molar-refractivity contribution in [1.29, 1.82) is 0 Å². The maximum atomic E-state index is 13.8. The quantitative estimate of drug-likeness (QED) is 0.261. The zero-order valence-electron chi connectivity index (χ0n) is 24.3. The van der Waals surface area contributed by atoms with Gasteiger partial charge in [0.25, 0.3) is 5.91 Å². The molecule has 2 aliphatic rings. The van der Waals surface area contributed by atoms with Crippen LogP contribution >= 0.6 is 0 Å². The van der Waals surface area contributed by atoms with Gasteiger partial charge in [0, 0.05) is 55.5 Å². The van der Waals surface area contributed by atoms with Gasteiger partial charge in [0.15, 0.2) is 11.5 Å². The maximum absolute atomic E-state index is 13.8. The third kappa shape index (κ3) is 6.90. The molecule has 6 rings (SSSR count). The highest BCUT2D eigenvalue weighted by Crippen LogP contribution is 2.33. The fraction of sp³-hybridized carbons (Fsp3) is 0.323. The summed E-state index contributed by atoms with van der Waals surface area (Å²) in [5.41, 5.74) is 2.21. The summed E-state index contributed by atoms with van der Waals surface area (Å²) in [5, 5.41) is 19.2. The minimum absolute atomic E-state index is 0.00476. The number of benzene rings is 2. The van der Waals surface area contributed by atoms with Gasteiger partial charge in [0.05, 0.1) is 17.5 Å². The molecule has 0 radical (unpaired) electrons. The monoisotopic (exact) mass is 621 g/mol. The van der Waals surface area contributed by atoms with Gasteiger partial charge in [0.1, 0.15) is 0 Å². The lowest BCUT2D eigenvalue weighted by atomic mass is 10.0. The van der Waals surface area contributed by atoms with Crippen LogP contribution in [0.3, 0.4) is 0 Å². The summed E-state index contributed by atoms with van der Waals surface area (Å²) < 4.78 is 42.9. The number of carbonyl (C=O) groups is 3. The van der Waals surface area contributed by atoms with Crippen molar-refractivity contribution in [1.82, 2.24) is 24.4 Å². The van der Waals surface area contributed by atoms with Crippen molar-refractivity contribution < 1.29 is 32.7 Å². The second kappa shape index (κ2) is 11.8. The molecule has 2 aromatic heterocycles. The summed E-state index contributed by atoms with van der Waals surface area (Å²) in [7, 11) is 0. The zero-order chi connectivity index (χ0) is 31.9. The molecule has 4 aromatic rings. The molecule has 0 bridgehead atoms. The Kier molecular flexibility index (Phi) is 7.91. The summed E-state index contributed by atoms with van der Waals surface area (Å²) in [5.74, 6) is -0.242. The Balaban J connectivity index is 1.21. The molecule has 1 saturated heterocycles. The number of imidazole rings is 1. The van der Waals surface area contributed by atoms with Gasteiger partial charge in [-0.15, -0.1) is 0 Å². The van der Waals surface area contributed by atoms with E-state index < -0.39 is 23.7 Å². The average molecular weight is 622 g/mol. The highest BCUT2D eigenvalue weighted by atomic mass is 19.4. The standard InChI is InChI=1S/C31H30F3N7O4/c1-18-2-3-21(14-24(18)25-6-7-27-36-26(17-41(27)38-25)37-28(42)20-4-5-20)29(43)35-23-13-19(12-22(15-23)31(32,33)34)16-39-8-10-40(11-9-39)30(44)45/h2-3,6-7,12-15,17,20H,4-5,8-11,16H2,1H3,(H,35,43)(H,37,42)(H,44,45). The van der Waals surface area contributed by atoms with Crippen LogP contribution in [0.25, 0.3) is 16.9 Å². The van der Waals surface area contributed by atoms with E-state index >= 15 is 0 Å². The predicted molar refractivity (Wildman–Crippen MR) is 159 cm³/mol. The number of alkyl halides is 3. The normalized spacial score (nSPS) is 15.7. The van der Waals surface area contributed by atoms with Crippen molar-refractivity contribution in [3.8, 4) is 11.3 Å². The highest BCUT2D eigenvalue weighted by molar-refractivity contribution is 6.05. The van der Waals surface area contributed by atoms with Gasteiger partial charge in [-0.05, 0) is 73.4 Å². The molecule has 3 amide bonds. The lowest BCUT2D eigenvalue weighted by Crippen LogP contribution is -2.47. The minimum atomic E-state index is -4.63.